The van der Waals surface area contributed by atoms with Crippen LogP contribution in [0.5, 0.6) is 0 Å². The van der Waals surface area contributed by atoms with Gasteiger partial charge in [-0.1, -0.05) is 6.92 Å². The van der Waals surface area contributed by atoms with E-state index in [-0.39, 0.29) is 12.2 Å². The third-order valence-corrected chi connectivity index (χ3v) is 2.04. The lowest BCUT2D eigenvalue weighted by atomic mass is 10.1. The number of hydrogen-bond acceptors (Lipinski definition) is 2. The van der Waals surface area contributed by atoms with Crippen molar-refractivity contribution in [3.05, 3.63) is 23.5 Å². The Morgan fingerprint density at radius 2 is 2.14 bits per heavy atom. The molecule has 0 aliphatic rings. The molecule has 0 aliphatic carbocycles. The van der Waals surface area contributed by atoms with Crippen LogP contribution in [0.2, 0.25) is 0 Å². The van der Waals surface area contributed by atoms with Gasteiger partial charge < -0.3 is 10.1 Å². The van der Waals surface area contributed by atoms with Crippen LogP contribution in [0, 0.1) is 0 Å². The van der Waals surface area contributed by atoms with E-state index in [1.807, 2.05) is 0 Å². The van der Waals surface area contributed by atoms with Gasteiger partial charge in [-0.05, 0) is 11.6 Å². The molecule has 0 spiro atoms. The SMILES string of the molecule is CCC(=O)Cc1cc[nH]c1CC(=O)O. The van der Waals surface area contributed by atoms with E-state index >= 15 is 0 Å². The van der Waals surface area contributed by atoms with Crippen LogP contribution in [0.1, 0.15) is 24.6 Å². The maximum Gasteiger partial charge on any atom is 0.309 e. The topological polar surface area (TPSA) is 70.2 Å². The lowest BCUT2D eigenvalue weighted by Crippen LogP contribution is -2.06. The van der Waals surface area contributed by atoms with Crippen molar-refractivity contribution in [2.75, 3.05) is 0 Å². The monoisotopic (exact) mass is 195 g/mol. The highest BCUT2D eigenvalue weighted by Crippen LogP contribution is 2.09. The second kappa shape index (κ2) is 4.60. The summed E-state index contributed by atoms with van der Waals surface area (Å²) in [7, 11) is 0. The molecule has 14 heavy (non-hydrogen) atoms. The van der Waals surface area contributed by atoms with Gasteiger partial charge in [0.15, 0.2) is 0 Å². The molecular weight excluding hydrogens is 182 g/mol. The minimum Gasteiger partial charge on any atom is -0.481 e. The quantitative estimate of drug-likeness (QED) is 0.740. The Labute approximate surface area is 81.9 Å². The van der Waals surface area contributed by atoms with Gasteiger partial charge in [-0.25, -0.2) is 0 Å². The maximum atomic E-state index is 11.2. The van der Waals surface area contributed by atoms with Crippen molar-refractivity contribution in [2.45, 2.75) is 26.2 Å². The largest absolute Gasteiger partial charge is 0.481 e. The zero-order valence-corrected chi connectivity index (χ0v) is 8.04. The number of hydrogen-bond donors (Lipinski definition) is 2. The molecule has 0 fully saturated rings. The van der Waals surface area contributed by atoms with Gasteiger partial charge in [0.2, 0.25) is 0 Å². The summed E-state index contributed by atoms with van der Waals surface area (Å²) in [6.07, 6.45) is 2.41. The minimum absolute atomic E-state index is 0.0562. The van der Waals surface area contributed by atoms with Gasteiger partial charge in [0.05, 0.1) is 6.42 Å². The Morgan fingerprint density at radius 1 is 1.43 bits per heavy atom. The van der Waals surface area contributed by atoms with Gasteiger partial charge in [0.25, 0.3) is 0 Å². The van der Waals surface area contributed by atoms with Crippen LogP contribution in [0.4, 0.5) is 0 Å². The number of carbonyl (C=O) groups is 2. The summed E-state index contributed by atoms with van der Waals surface area (Å²) in [6.45, 7) is 1.80. The molecule has 2 N–H and O–H groups in total. The van der Waals surface area contributed by atoms with E-state index in [1.165, 1.54) is 0 Å². The fourth-order valence-corrected chi connectivity index (χ4v) is 1.25. The maximum absolute atomic E-state index is 11.2. The first-order valence-electron chi connectivity index (χ1n) is 4.52. The Hall–Kier alpha value is -1.58. The van der Waals surface area contributed by atoms with Crippen molar-refractivity contribution >= 4 is 11.8 Å². The Kier molecular flexibility index (Phi) is 3.45. The van der Waals surface area contributed by atoms with Crippen LogP contribution in [-0.2, 0) is 22.4 Å². The predicted molar refractivity (Wildman–Crippen MR) is 51.1 cm³/mol. The highest BCUT2D eigenvalue weighted by molar-refractivity contribution is 5.81. The molecule has 0 radical (unpaired) electrons. The van der Waals surface area contributed by atoms with Gasteiger partial charge in [0.1, 0.15) is 5.78 Å². The van der Waals surface area contributed by atoms with Gasteiger partial charge in [-0.3, -0.25) is 9.59 Å². The number of nitrogens with one attached hydrogen (secondary N) is 1. The summed E-state index contributed by atoms with van der Waals surface area (Å²) in [5.41, 5.74) is 1.42. The standard InChI is InChI=1S/C10H13NO3/c1-2-8(12)5-7-3-4-11-9(7)6-10(13)14/h3-4,11H,2,5-6H2,1H3,(H,13,14). The Balaban J connectivity index is 2.72. The number of aromatic nitrogens is 1. The number of carboxylic acids is 1. The zero-order valence-electron chi connectivity index (χ0n) is 8.04. The highest BCUT2D eigenvalue weighted by atomic mass is 16.4. The molecule has 0 saturated carbocycles. The number of rotatable bonds is 5. The molecule has 76 valence electrons. The molecule has 0 aromatic carbocycles. The van der Waals surface area contributed by atoms with E-state index in [0.29, 0.717) is 18.5 Å². The van der Waals surface area contributed by atoms with E-state index in [4.69, 9.17) is 5.11 Å². The molecule has 1 aromatic heterocycles. The van der Waals surface area contributed by atoms with Gasteiger partial charge >= 0.3 is 5.97 Å². The first kappa shape index (κ1) is 10.5. The van der Waals surface area contributed by atoms with Crippen molar-refractivity contribution in [3.63, 3.8) is 0 Å². The van der Waals surface area contributed by atoms with Crippen LogP contribution in [-0.4, -0.2) is 21.8 Å². The molecule has 0 atom stereocenters. The van der Waals surface area contributed by atoms with Crippen molar-refractivity contribution in [1.82, 2.24) is 4.98 Å². The highest BCUT2D eigenvalue weighted by Gasteiger charge is 2.10. The smallest absolute Gasteiger partial charge is 0.309 e. The van der Waals surface area contributed by atoms with Crippen LogP contribution >= 0.6 is 0 Å². The molecule has 0 aliphatic heterocycles. The van der Waals surface area contributed by atoms with E-state index in [0.717, 1.165) is 5.56 Å². The Morgan fingerprint density at radius 3 is 2.71 bits per heavy atom. The molecule has 1 heterocycles. The first-order valence-corrected chi connectivity index (χ1v) is 4.52. The average Bonchev–Trinajstić information content (AvgIpc) is 2.52. The molecular formula is C10H13NO3. The molecule has 0 amide bonds. The number of H-pyrrole nitrogens is 1. The zero-order chi connectivity index (χ0) is 10.6. The molecule has 1 rings (SSSR count). The van der Waals surface area contributed by atoms with Gasteiger partial charge in [-0.2, -0.15) is 0 Å². The molecule has 0 bridgehead atoms. The van der Waals surface area contributed by atoms with Crippen LogP contribution in [0.25, 0.3) is 0 Å². The molecule has 4 nitrogen and oxygen atoms in total. The lowest BCUT2D eigenvalue weighted by Gasteiger charge is -1.99. The summed E-state index contributed by atoms with van der Waals surface area (Å²) >= 11 is 0. The fourth-order valence-electron chi connectivity index (χ4n) is 1.25. The Bertz CT molecular complexity index is 341. The molecule has 4 heteroatoms. The van der Waals surface area contributed by atoms with Crippen molar-refractivity contribution in [3.8, 4) is 0 Å². The lowest BCUT2D eigenvalue weighted by molar-refractivity contribution is -0.136. The van der Waals surface area contributed by atoms with E-state index in [1.54, 1.807) is 19.2 Å². The van der Waals surface area contributed by atoms with E-state index in [9.17, 15) is 9.59 Å². The summed E-state index contributed by atoms with van der Waals surface area (Å²) in [4.78, 5) is 24.5. The molecule has 0 saturated heterocycles. The van der Waals surface area contributed by atoms with Crippen molar-refractivity contribution in [1.29, 1.82) is 0 Å². The normalized spacial score (nSPS) is 10.1. The first-order chi connectivity index (χ1) is 6.63. The van der Waals surface area contributed by atoms with Crippen LogP contribution in [0.3, 0.4) is 0 Å². The number of aliphatic carboxylic acids is 1. The third kappa shape index (κ3) is 2.73. The summed E-state index contributed by atoms with van der Waals surface area (Å²) < 4.78 is 0. The van der Waals surface area contributed by atoms with Crippen LogP contribution < -0.4 is 0 Å². The van der Waals surface area contributed by atoms with Gasteiger partial charge in [-0.15, -0.1) is 0 Å². The third-order valence-electron chi connectivity index (χ3n) is 2.04. The molecule has 1 aromatic rings. The number of ketones is 1. The van der Waals surface area contributed by atoms with E-state index in [2.05, 4.69) is 4.98 Å². The molecule has 0 unspecified atom stereocenters. The summed E-state index contributed by atoms with van der Waals surface area (Å²) in [5.74, 6) is -0.770. The summed E-state index contributed by atoms with van der Waals surface area (Å²) in [5, 5.41) is 8.60. The second-order valence-corrected chi connectivity index (χ2v) is 3.12. The number of carbonyl (C=O) groups excluding carboxylic acids is 1. The van der Waals surface area contributed by atoms with Gasteiger partial charge in [0, 0.05) is 24.7 Å². The predicted octanol–water partition coefficient (Wildman–Crippen LogP) is 1.16. The fraction of sp³-hybridized carbons (Fsp3) is 0.400. The van der Waals surface area contributed by atoms with Crippen molar-refractivity contribution < 1.29 is 14.7 Å². The number of carboxylic acid groups (broad SMARTS) is 1. The summed E-state index contributed by atoms with van der Waals surface area (Å²) in [6, 6.07) is 1.76. The second-order valence-electron chi connectivity index (χ2n) is 3.12. The number of aromatic amines is 1. The minimum atomic E-state index is -0.891. The van der Waals surface area contributed by atoms with Crippen molar-refractivity contribution in [2.24, 2.45) is 0 Å². The average molecular weight is 195 g/mol. The van der Waals surface area contributed by atoms with Crippen LogP contribution in [0.15, 0.2) is 12.3 Å². The van der Waals surface area contributed by atoms with E-state index < -0.39 is 5.97 Å². The number of Topliss-reactive ketones (excluding diaryl/α,β-unsaturated/α-hetero) is 1.